The van der Waals surface area contributed by atoms with Gasteiger partial charge in [0.05, 0.1) is 5.75 Å². The zero-order valence-electron chi connectivity index (χ0n) is 6.78. The Labute approximate surface area is 76.1 Å². The van der Waals surface area contributed by atoms with Gasteiger partial charge >= 0.3 is 0 Å². The Hall–Kier alpha value is -0.390. The van der Waals surface area contributed by atoms with Crippen molar-refractivity contribution in [3.8, 4) is 0 Å². The third kappa shape index (κ3) is 1.85. The van der Waals surface area contributed by atoms with Crippen LogP contribution in [0.1, 0.15) is 5.56 Å². The smallest absolute Gasteiger partial charge is 0.189 e. The van der Waals surface area contributed by atoms with Crippen molar-refractivity contribution in [1.82, 2.24) is 0 Å². The summed E-state index contributed by atoms with van der Waals surface area (Å²) in [7, 11) is -3.10. The molecule has 0 spiro atoms. The molecule has 0 aromatic carbocycles. The maximum Gasteiger partial charge on any atom is 0.189 e. The number of sulfone groups is 1. The van der Waals surface area contributed by atoms with Crippen LogP contribution in [0.5, 0.6) is 0 Å². The minimum atomic E-state index is -3.10. The number of rotatable bonds is 3. The van der Waals surface area contributed by atoms with E-state index in [-0.39, 0.29) is 12.3 Å². The molecule has 0 atom stereocenters. The van der Waals surface area contributed by atoms with Crippen molar-refractivity contribution in [2.75, 3.05) is 12.3 Å². The molecule has 0 fully saturated rings. The molecule has 0 amide bonds. The minimum Gasteiger partial charge on any atom is -0.329 e. The predicted molar refractivity (Wildman–Crippen MR) is 50.2 cm³/mol. The van der Waals surface area contributed by atoms with Gasteiger partial charge in [0.25, 0.3) is 0 Å². The predicted octanol–water partition coefficient (Wildman–Crippen LogP) is 0.789. The van der Waals surface area contributed by atoms with Gasteiger partial charge < -0.3 is 5.73 Å². The van der Waals surface area contributed by atoms with Crippen LogP contribution in [0.15, 0.2) is 15.7 Å². The quantitative estimate of drug-likeness (QED) is 0.793. The van der Waals surface area contributed by atoms with Crippen molar-refractivity contribution >= 4 is 21.2 Å². The van der Waals surface area contributed by atoms with Crippen LogP contribution in [0.3, 0.4) is 0 Å². The van der Waals surface area contributed by atoms with Crippen LogP contribution in [0.25, 0.3) is 0 Å². The summed E-state index contributed by atoms with van der Waals surface area (Å²) in [6.07, 6.45) is 0. The Bertz CT molecular complexity index is 353. The van der Waals surface area contributed by atoms with Gasteiger partial charge in [0, 0.05) is 6.54 Å². The van der Waals surface area contributed by atoms with Gasteiger partial charge in [-0.05, 0) is 23.9 Å². The normalized spacial score (nSPS) is 11.8. The Balaban J connectivity index is 3.06. The van der Waals surface area contributed by atoms with Gasteiger partial charge in [0.2, 0.25) is 0 Å². The highest BCUT2D eigenvalue weighted by Crippen LogP contribution is 2.22. The lowest BCUT2D eigenvalue weighted by atomic mass is 10.4. The zero-order valence-corrected chi connectivity index (χ0v) is 8.41. The molecule has 0 aliphatic carbocycles. The van der Waals surface area contributed by atoms with Crippen molar-refractivity contribution in [2.45, 2.75) is 11.1 Å². The molecule has 5 heteroatoms. The van der Waals surface area contributed by atoms with Crippen LogP contribution in [-0.2, 0) is 9.84 Å². The molecule has 1 aromatic heterocycles. The molecule has 0 aliphatic rings. The first-order valence-corrected chi connectivity index (χ1v) is 6.08. The molecule has 2 N–H and O–H groups in total. The highest BCUT2D eigenvalue weighted by atomic mass is 32.2. The topological polar surface area (TPSA) is 60.2 Å². The Morgan fingerprint density at radius 3 is 2.67 bits per heavy atom. The van der Waals surface area contributed by atoms with E-state index in [0.717, 1.165) is 5.56 Å². The first-order valence-electron chi connectivity index (χ1n) is 3.55. The fourth-order valence-electron chi connectivity index (χ4n) is 0.925. The van der Waals surface area contributed by atoms with Gasteiger partial charge in [0.1, 0.15) is 4.21 Å². The van der Waals surface area contributed by atoms with E-state index in [2.05, 4.69) is 0 Å². The first kappa shape index (κ1) is 9.70. The second-order valence-corrected chi connectivity index (χ2v) is 5.72. The summed E-state index contributed by atoms with van der Waals surface area (Å²) < 4.78 is 23.3. The number of nitrogens with two attached hydrogens (primary N) is 1. The van der Waals surface area contributed by atoms with Crippen molar-refractivity contribution in [1.29, 1.82) is 0 Å². The molecule has 12 heavy (non-hydrogen) atoms. The summed E-state index contributed by atoms with van der Waals surface area (Å²) in [5.74, 6) is 0.0361. The van der Waals surface area contributed by atoms with Gasteiger partial charge in [-0.1, -0.05) is 0 Å². The summed E-state index contributed by atoms with van der Waals surface area (Å²) in [5, 5.41) is 1.78. The fraction of sp³-hybridized carbons (Fsp3) is 0.429. The van der Waals surface area contributed by atoms with Gasteiger partial charge in [-0.2, -0.15) is 0 Å². The zero-order chi connectivity index (χ0) is 9.19. The third-order valence-corrected chi connectivity index (χ3v) is 5.00. The van der Waals surface area contributed by atoms with E-state index >= 15 is 0 Å². The van der Waals surface area contributed by atoms with Crippen molar-refractivity contribution in [3.05, 3.63) is 17.0 Å². The number of hydrogen-bond acceptors (Lipinski definition) is 4. The van der Waals surface area contributed by atoms with Gasteiger partial charge in [-0.25, -0.2) is 8.42 Å². The summed E-state index contributed by atoms with van der Waals surface area (Å²) in [6.45, 7) is 1.97. The molecule has 0 bridgehead atoms. The standard InChI is InChI=1S/C7H11NO2S2/c1-6-2-4-11-7(6)12(9,10)5-3-8/h2,4H,3,5,8H2,1H3. The van der Waals surface area contributed by atoms with E-state index < -0.39 is 9.84 Å². The summed E-state index contributed by atoms with van der Waals surface area (Å²) in [4.78, 5) is 0. The molecule has 0 saturated carbocycles. The molecule has 0 saturated heterocycles. The van der Waals surface area contributed by atoms with Gasteiger partial charge in [0.15, 0.2) is 9.84 Å². The van der Waals surface area contributed by atoms with E-state index in [0.29, 0.717) is 4.21 Å². The average Bonchev–Trinajstić information content (AvgIpc) is 2.35. The molecule has 1 heterocycles. The van der Waals surface area contributed by atoms with Gasteiger partial charge in [-0.3, -0.25) is 0 Å². The Kier molecular flexibility index (Phi) is 2.87. The molecule has 68 valence electrons. The Morgan fingerprint density at radius 1 is 1.58 bits per heavy atom. The second kappa shape index (κ2) is 3.55. The van der Waals surface area contributed by atoms with Crippen molar-refractivity contribution in [3.63, 3.8) is 0 Å². The van der Waals surface area contributed by atoms with Crippen molar-refractivity contribution < 1.29 is 8.42 Å². The number of aryl methyl sites for hydroxylation is 1. The van der Waals surface area contributed by atoms with Crippen LogP contribution < -0.4 is 5.73 Å². The van der Waals surface area contributed by atoms with E-state index in [1.807, 2.05) is 0 Å². The van der Waals surface area contributed by atoms with E-state index in [1.165, 1.54) is 11.3 Å². The van der Waals surface area contributed by atoms with Gasteiger partial charge in [-0.15, -0.1) is 11.3 Å². The summed E-state index contributed by atoms with van der Waals surface area (Å²) in [6, 6.07) is 1.80. The van der Waals surface area contributed by atoms with Crippen molar-refractivity contribution in [2.24, 2.45) is 5.73 Å². The minimum absolute atomic E-state index is 0.0361. The highest BCUT2D eigenvalue weighted by Gasteiger charge is 2.16. The third-order valence-electron chi connectivity index (χ3n) is 1.48. The van der Waals surface area contributed by atoms with Crippen LogP contribution in [0.4, 0.5) is 0 Å². The van der Waals surface area contributed by atoms with E-state index in [4.69, 9.17) is 5.73 Å². The summed E-state index contributed by atoms with van der Waals surface area (Å²) >= 11 is 1.25. The number of hydrogen-bond donors (Lipinski definition) is 1. The molecular weight excluding hydrogens is 194 g/mol. The Morgan fingerprint density at radius 2 is 2.25 bits per heavy atom. The molecule has 0 radical (unpaired) electrons. The maximum absolute atomic E-state index is 11.4. The van der Waals surface area contributed by atoms with Crippen LogP contribution >= 0.6 is 11.3 Å². The maximum atomic E-state index is 11.4. The van der Waals surface area contributed by atoms with E-state index in [9.17, 15) is 8.42 Å². The number of thiophene rings is 1. The van der Waals surface area contributed by atoms with Crippen LogP contribution in [0, 0.1) is 6.92 Å². The first-order chi connectivity index (χ1) is 5.58. The largest absolute Gasteiger partial charge is 0.329 e. The molecule has 3 nitrogen and oxygen atoms in total. The lowest BCUT2D eigenvalue weighted by molar-refractivity contribution is 0.597. The lowest BCUT2D eigenvalue weighted by Crippen LogP contribution is -2.15. The molecular formula is C7H11NO2S2. The monoisotopic (exact) mass is 205 g/mol. The van der Waals surface area contributed by atoms with E-state index in [1.54, 1.807) is 18.4 Å². The fourth-order valence-corrected chi connectivity index (χ4v) is 3.63. The van der Waals surface area contributed by atoms with Crippen LogP contribution in [0.2, 0.25) is 0 Å². The highest BCUT2D eigenvalue weighted by molar-refractivity contribution is 7.93. The molecule has 1 aromatic rings. The van der Waals surface area contributed by atoms with Crippen LogP contribution in [-0.4, -0.2) is 20.7 Å². The summed E-state index contributed by atoms with van der Waals surface area (Å²) in [5.41, 5.74) is 6.01. The average molecular weight is 205 g/mol. The molecule has 0 aliphatic heterocycles. The molecule has 0 unspecified atom stereocenters. The lowest BCUT2D eigenvalue weighted by Gasteiger charge is -1.99. The SMILES string of the molecule is Cc1ccsc1S(=O)(=O)CCN. The second-order valence-electron chi connectivity index (χ2n) is 2.50. The molecule has 1 rings (SSSR count).